The zero-order chi connectivity index (χ0) is 9.97. The summed E-state index contributed by atoms with van der Waals surface area (Å²) >= 11 is 5.86. The van der Waals surface area contributed by atoms with Crippen molar-refractivity contribution in [3.8, 4) is 0 Å². The van der Waals surface area contributed by atoms with Crippen molar-refractivity contribution < 1.29 is 0 Å². The molecule has 0 saturated carbocycles. The number of nitrogens with two attached hydrogens (primary N) is 1. The van der Waals surface area contributed by atoms with E-state index >= 15 is 0 Å². The monoisotopic (exact) mass is 282 g/mol. The minimum atomic E-state index is 0. The molecule has 1 aromatic carbocycles. The first-order valence-corrected chi connectivity index (χ1v) is 5.41. The maximum Gasteiger partial charge on any atom is 0.0426 e. The molecule has 5 heteroatoms. The van der Waals surface area contributed by atoms with Crippen LogP contribution in [0.3, 0.4) is 0 Å². The predicted octanol–water partition coefficient (Wildman–Crippen LogP) is 3.23. The highest BCUT2D eigenvalue weighted by atomic mass is 35.5. The van der Waals surface area contributed by atoms with Gasteiger partial charge < -0.3 is 11.1 Å². The molecule has 3 N–H and O–H groups in total. The summed E-state index contributed by atoms with van der Waals surface area (Å²) < 4.78 is 0. The van der Waals surface area contributed by atoms with Crippen LogP contribution >= 0.6 is 36.4 Å². The summed E-state index contributed by atoms with van der Waals surface area (Å²) in [5.41, 5.74) is 8.04. The van der Waals surface area contributed by atoms with Crippen molar-refractivity contribution in [2.45, 2.75) is 18.8 Å². The highest BCUT2D eigenvalue weighted by Gasteiger charge is 2.17. The Morgan fingerprint density at radius 3 is 2.38 bits per heavy atom. The Kier molecular flexibility index (Phi) is 7.16. The summed E-state index contributed by atoms with van der Waals surface area (Å²) in [6, 6.07) is 5.84. The summed E-state index contributed by atoms with van der Waals surface area (Å²) in [4.78, 5) is 0. The van der Waals surface area contributed by atoms with Crippen LogP contribution in [0.25, 0.3) is 0 Å². The molecular formula is C11H17Cl3N2. The maximum atomic E-state index is 5.95. The number of nitrogen functional groups attached to an aromatic ring is 1. The third kappa shape index (κ3) is 3.70. The van der Waals surface area contributed by atoms with Gasteiger partial charge in [0.25, 0.3) is 0 Å². The van der Waals surface area contributed by atoms with E-state index in [1.165, 1.54) is 18.4 Å². The van der Waals surface area contributed by atoms with Crippen LogP contribution in [0.4, 0.5) is 5.69 Å². The Morgan fingerprint density at radius 1 is 1.19 bits per heavy atom. The molecule has 0 unspecified atom stereocenters. The molecular weight excluding hydrogens is 266 g/mol. The third-order valence-electron chi connectivity index (χ3n) is 2.83. The number of hydrogen-bond donors (Lipinski definition) is 2. The van der Waals surface area contributed by atoms with E-state index < -0.39 is 0 Å². The lowest BCUT2D eigenvalue weighted by molar-refractivity contribution is 0.461. The fraction of sp³-hybridized carbons (Fsp3) is 0.455. The lowest BCUT2D eigenvalue weighted by Crippen LogP contribution is -2.26. The second kappa shape index (κ2) is 7.23. The number of halogens is 3. The van der Waals surface area contributed by atoms with Crippen molar-refractivity contribution in [3.63, 3.8) is 0 Å². The predicted molar refractivity (Wildman–Crippen MR) is 75.2 cm³/mol. The van der Waals surface area contributed by atoms with E-state index in [0.29, 0.717) is 5.92 Å². The molecule has 1 aliphatic rings. The van der Waals surface area contributed by atoms with Crippen LogP contribution < -0.4 is 11.1 Å². The molecule has 1 heterocycles. The average Bonchev–Trinajstić information content (AvgIpc) is 2.19. The van der Waals surface area contributed by atoms with E-state index in [1.54, 1.807) is 0 Å². The topological polar surface area (TPSA) is 38.0 Å². The smallest absolute Gasteiger partial charge is 0.0426 e. The number of hydrogen-bond acceptors (Lipinski definition) is 2. The number of anilines is 1. The summed E-state index contributed by atoms with van der Waals surface area (Å²) in [6.07, 6.45) is 2.34. The number of rotatable bonds is 1. The van der Waals surface area contributed by atoms with Crippen LogP contribution in [0.15, 0.2) is 18.2 Å². The normalized spacial score (nSPS) is 16.1. The van der Waals surface area contributed by atoms with E-state index in [2.05, 4.69) is 11.4 Å². The molecule has 1 saturated heterocycles. The molecule has 0 radical (unpaired) electrons. The third-order valence-corrected chi connectivity index (χ3v) is 3.06. The first-order valence-electron chi connectivity index (χ1n) is 5.03. The SMILES string of the molecule is Cl.Cl.Nc1cc(Cl)ccc1C1CCNCC1. The second-order valence-electron chi connectivity index (χ2n) is 3.80. The van der Waals surface area contributed by atoms with E-state index in [0.717, 1.165) is 23.8 Å². The van der Waals surface area contributed by atoms with Gasteiger partial charge in [-0.2, -0.15) is 0 Å². The van der Waals surface area contributed by atoms with Gasteiger partial charge in [-0.15, -0.1) is 24.8 Å². The summed E-state index contributed by atoms with van der Waals surface area (Å²) in [6.45, 7) is 2.18. The molecule has 1 aliphatic heterocycles. The first-order chi connectivity index (χ1) is 6.77. The maximum absolute atomic E-state index is 5.95. The highest BCUT2D eigenvalue weighted by Crippen LogP contribution is 2.31. The van der Waals surface area contributed by atoms with Gasteiger partial charge in [0.05, 0.1) is 0 Å². The van der Waals surface area contributed by atoms with Gasteiger partial charge in [-0.3, -0.25) is 0 Å². The van der Waals surface area contributed by atoms with Gasteiger partial charge in [0.15, 0.2) is 0 Å². The lowest BCUT2D eigenvalue weighted by Gasteiger charge is -2.24. The highest BCUT2D eigenvalue weighted by molar-refractivity contribution is 6.30. The molecule has 0 atom stereocenters. The molecule has 16 heavy (non-hydrogen) atoms. The lowest BCUT2D eigenvalue weighted by atomic mass is 9.89. The first kappa shape index (κ1) is 15.9. The summed E-state index contributed by atoms with van der Waals surface area (Å²) in [5.74, 6) is 0.605. The van der Waals surface area contributed by atoms with Crippen molar-refractivity contribution in [1.82, 2.24) is 5.32 Å². The van der Waals surface area contributed by atoms with E-state index in [4.69, 9.17) is 17.3 Å². The van der Waals surface area contributed by atoms with Crippen molar-refractivity contribution >= 4 is 42.1 Å². The van der Waals surface area contributed by atoms with Crippen molar-refractivity contribution in [1.29, 1.82) is 0 Å². The van der Waals surface area contributed by atoms with E-state index in [-0.39, 0.29) is 24.8 Å². The second-order valence-corrected chi connectivity index (χ2v) is 4.23. The average molecular weight is 284 g/mol. The quantitative estimate of drug-likeness (QED) is 0.777. The van der Waals surface area contributed by atoms with Gasteiger partial charge in [0.2, 0.25) is 0 Å². The summed E-state index contributed by atoms with van der Waals surface area (Å²) in [5, 5.41) is 4.07. The minimum Gasteiger partial charge on any atom is -0.398 e. The molecule has 0 aliphatic carbocycles. The molecule has 0 spiro atoms. The number of benzene rings is 1. The zero-order valence-corrected chi connectivity index (χ0v) is 11.3. The zero-order valence-electron chi connectivity index (χ0n) is 8.91. The minimum absolute atomic E-state index is 0. The molecule has 0 bridgehead atoms. The number of piperidine rings is 1. The Bertz CT molecular complexity index is 325. The number of nitrogens with one attached hydrogen (secondary N) is 1. The molecule has 2 nitrogen and oxygen atoms in total. The van der Waals surface area contributed by atoms with Gasteiger partial charge in [0.1, 0.15) is 0 Å². The standard InChI is InChI=1S/C11H15ClN2.2ClH/c12-9-1-2-10(11(13)7-9)8-3-5-14-6-4-8;;/h1-2,7-8,14H,3-6,13H2;2*1H. The van der Waals surface area contributed by atoms with E-state index in [9.17, 15) is 0 Å². The Morgan fingerprint density at radius 2 is 1.81 bits per heavy atom. The van der Waals surface area contributed by atoms with Crippen LogP contribution in [-0.2, 0) is 0 Å². The van der Waals surface area contributed by atoms with Gasteiger partial charge in [-0.05, 0) is 49.5 Å². The molecule has 1 aromatic rings. The fourth-order valence-electron chi connectivity index (χ4n) is 2.05. The Hall–Kier alpha value is -0.150. The largest absolute Gasteiger partial charge is 0.398 e. The van der Waals surface area contributed by atoms with Crippen molar-refractivity contribution in [2.24, 2.45) is 0 Å². The van der Waals surface area contributed by atoms with Crippen LogP contribution in [0.1, 0.15) is 24.3 Å². The van der Waals surface area contributed by atoms with Crippen LogP contribution in [-0.4, -0.2) is 13.1 Å². The molecule has 1 fully saturated rings. The van der Waals surface area contributed by atoms with Crippen LogP contribution in [0.2, 0.25) is 5.02 Å². The Balaban J connectivity index is 0.00000112. The van der Waals surface area contributed by atoms with Gasteiger partial charge in [-0.25, -0.2) is 0 Å². The van der Waals surface area contributed by atoms with Crippen molar-refractivity contribution in [2.75, 3.05) is 18.8 Å². The molecule has 0 aromatic heterocycles. The van der Waals surface area contributed by atoms with Crippen molar-refractivity contribution in [3.05, 3.63) is 28.8 Å². The van der Waals surface area contributed by atoms with Crippen LogP contribution in [0.5, 0.6) is 0 Å². The molecule has 0 amide bonds. The van der Waals surface area contributed by atoms with Gasteiger partial charge >= 0.3 is 0 Å². The molecule has 92 valence electrons. The van der Waals surface area contributed by atoms with Crippen LogP contribution in [0, 0.1) is 0 Å². The molecule has 2 rings (SSSR count). The Labute approximate surface area is 114 Å². The van der Waals surface area contributed by atoms with Gasteiger partial charge in [-0.1, -0.05) is 17.7 Å². The van der Waals surface area contributed by atoms with Gasteiger partial charge in [0, 0.05) is 10.7 Å². The summed E-state index contributed by atoms with van der Waals surface area (Å²) in [7, 11) is 0. The fourth-order valence-corrected chi connectivity index (χ4v) is 2.23. The van der Waals surface area contributed by atoms with E-state index in [1.807, 2.05) is 12.1 Å².